The summed E-state index contributed by atoms with van der Waals surface area (Å²) in [7, 11) is 0. The van der Waals surface area contributed by atoms with Gasteiger partial charge in [0.25, 0.3) is 5.91 Å². The number of amides is 1. The number of furan rings is 1. The number of hydrogen-bond acceptors (Lipinski definition) is 3. The summed E-state index contributed by atoms with van der Waals surface area (Å²) >= 11 is 4.89. The zero-order valence-electron chi connectivity index (χ0n) is 9.33. The van der Waals surface area contributed by atoms with Crippen LogP contribution in [0.2, 0.25) is 0 Å². The second kappa shape index (κ2) is 5.51. The highest BCUT2D eigenvalue weighted by atomic mass is 79.9. The first-order chi connectivity index (χ1) is 8.19. The molecule has 1 N–H and O–H groups in total. The molecule has 17 heavy (non-hydrogen) atoms. The predicted octanol–water partition coefficient (Wildman–Crippen LogP) is 3.60. The molecule has 0 saturated heterocycles. The van der Waals surface area contributed by atoms with Crippen LogP contribution in [0.4, 0.5) is 0 Å². The largest absolute Gasteiger partial charge is 0.444 e. The van der Waals surface area contributed by atoms with Gasteiger partial charge in [0.2, 0.25) is 0 Å². The van der Waals surface area contributed by atoms with Gasteiger partial charge in [0.05, 0.1) is 6.54 Å². The van der Waals surface area contributed by atoms with Crippen LogP contribution >= 0.6 is 27.3 Å². The van der Waals surface area contributed by atoms with Gasteiger partial charge in [-0.05, 0) is 46.6 Å². The average molecular weight is 314 g/mol. The molecule has 0 saturated carbocycles. The highest BCUT2D eigenvalue weighted by Gasteiger charge is 2.10. The Balaban J connectivity index is 1.92. The molecule has 2 rings (SSSR count). The number of rotatable bonds is 4. The predicted molar refractivity (Wildman–Crippen MR) is 71.3 cm³/mol. The molecular formula is C12H12BrNO2S. The molecule has 0 unspecified atom stereocenters. The maximum absolute atomic E-state index is 11.7. The Morgan fingerprint density at radius 2 is 2.12 bits per heavy atom. The van der Waals surface area contributed by atoms with E-state index in [1.54, 1.807) is 23.5 Å². The second-order valence-electron chi connectivity index (χ2n) is 3.51. The molecule has 90 valence electrons. The quantitative estimate of drug-likeness (QED) is 0.937. The third-order valence-electron chi connectivity index (χ3n) is 2.29. The summed E-state index contributed by atoms with van der Waals surface area (Å²) in [6, 6.07) is 7.48. The molecule has 0 aliphatic rings. The number of carbonyl (C=O) groups is 1. The molecule has 3 nitrogen and oxygen atoms in total. The van der Waals surface area contributed by atoms with Gasteiger partial charge in [-0.2, -0.15) is 0 Å². The number of carbonyl (C=O) groups excluding carboxylic acids is 1. The van der Waals surface area contributed by atoms with Gasteiger partial charge in [0.1, 0.15) is 0 Å². The van der Waals surface area contributed by atoms with E-state index in [2.05, 4.69) is 34.2 Å². The Labute approximate surface area is 112 Å². The maximum atomic E-state index is 11.7. The van der Waals surface area contributed by atoms with Gasteiger partial charge in [-0.15, -0.1) is 11.3 Å². The third-order valence-corrected chi connectivity index (χ3v) is 3.94. The summed E-state index contributed by atoms with van der Waals surface area (Å²) in [5.41, 5.74) is 0. The van der Waals surface area contributed by atoms with E-state index in [9.17, 15) is 4.79 Å². The minimum atomic E-state index is -0.192. The molecule has 0 aliphatic heterocycles. The smallest absolute Gasteiger partial charge is 0.287 e. The van der Waals surface area contributed by atoms with Gasteiger partial charge in [-0.3, -0.25) is 4.79 Å². The molecule has 0 atom stereocenters. The first-order valence-corrected chi connectivity index (χ1v) is 6.91. The van der Waals surface area contributed by atoms with E-state index in [1.807, 2.05) is 6.07 Å². The summed E-state index contributed by atoms with van der Waals surface area (Å²) in [5, 5.41) is 2.82. The Morgan fingerprint density at radius 1 is 1.35 bits per heavy atom. The zero-order valence-corrected chi connectivity index (χ0v) is 11.7. The van der Waals surface area contributed by atoms with Crippen LogP contribution in [0.25, 0.3) is 0 Å². The van der Waals surface area contributed by atoms with Crippen LogP contribution in [-0.4, -0.2) is 5.91 Å². The van der Waals surface area contributed by atoms with Gasteiger partial charge in [0, 0.05) is 9.75 Å². The SMILES string of the molecule is CCc1ccc(CNC(=O)c2ccc(Br)o2)s1. The number of hydrogen-bond donors (Lipinski definition) is 1. The summed E-state index contributed by atoms with van der Waals surface area (Å²) in [5.74, 6) is 0.131. The number of nitrogens with one attached hydrogen (secondary N) is 1. The minimum Gasteiger partial charge on any atom is -0.444 e. The van der Waals surface area contributed by atoms with Crippen molar-refractivity contribution in [1.29, 1.82) is 0 Å². The first-order valence-electron chi connectivity index (χ1n) is 5.30. The van der Waals surface area contributed by atoms with E-state index in [0.717, 1.165) is 11.3 Å². The first kappa shape index (κ1) is 12.4. The van der Waals surface area contributed by atoms with Crippen molar-refractivity contribution in [3.63, 3.8) is 0 Å². The normalized spacial score (nSPS) is 10.5. The van der Waals surface area contributed by atoms with Gasteiger partial charge >= 0.3 is 0 Å². The molecule has 1 amide bonds. The van der Waals surface area contributed by atoms with E-state index in [1.165, 1.54) is 4.88 Å². The monoisotopic (exact) mass is 313 g/mol. The molecule has 0 spiro atoms. The molecule has 5 heteroatoms. The minimum absolute atomic E-state index is 0.192. The maximum Gasteiger partial charge on any atom is 0.287 e. The van der Waals surface area contributed by atoms with Crippen molar-refractivity contribution in [2.24, 2.45) is 0 Å². The summed E-state index contributed by atoms with van der Waals surface area (Å²) in [6.45, 7) is 2.66. The fourth-order valence-corrected chi connectivity index (χ4v) is 2.60. The number of halogens is 1. The lowest BCUT2D eigenvalue weighted by Crippen LogP contribution is -2.21. The van der Waals surface area contributed by atoms with Crippen molar-refractivity contribution in [3.05, 3.63) is 44.4 Å². The average Bonchev–Trinajstić information content (AvgIpc) is 2.94. The third kappa shape index (κ3) is 3.20. The van der Waals surface area contributed by atoms with Crippen LogP contribution in [0.1, 0.15) is 27.2 Å². The van der Waals surface area contributed by atoms with E-state index in [-0.39, 0.29) is 5.91 Å². The van der Waals surface area contributed by atoms with E-state index < -0.39 is 0 Å². The Bertz CT molecular complexity index is 518. The Morgan fingerprint density at radius 3 is 2.71 bits per heavy atom. The van der Waals surface area contributed by atoms with Crippen molar-refractivity contribution in [1.82, 2.24) is 5.32 Å². The zero-order chi connectivity index (χ0) is 12.3. The molecule has 0 bridgehead atoms. The van der Waals surface area contributed by atoms with Crippen LogP contribution in [-0.2, 0) is 13.0 Å². The fourth-order valence-electron chi connectivity index (χ4n) is 1.40. The van der Waals surface area contributed by atoms with Gasteiger partial charge in [0.15, 0.2) is 10.4 Å². The lowest BCUT2D eigenvalue weighted by atomic mass is 10.3. The molecule has 0 radical (unpaired) electrons. The van der Waals surface area contributed by atoms with Crippen molar-refractivity contribution in [2.45, 2.75) is 19.9 Å². The van der Waals surface area contributed by atoms with E-state index in [4.69, 9.17) is 4.42 Å². The topological polar surface area (TPSA) is 42.2 Å². The summed E-state index contributed by atoms with van der Waals surface area (Å²) in [6.07, 6.45) is 1.03. The summed E-state index contributed by atoms with van der Waals surface area (Å²) in [4.78, 5) is 14.2. The lowest BCUT2D eigenvalue weighted by Gasteiger charge is -2.00. The highest BCUT2D eigenvalue weighted by molar-refractivity contribution is 9.10. The summed E-state index contributed by atoms with van der Waals surface area (Å²) < 4.78 is 5.73. The molecule has 0 fully saturated rings. The van der Waals surface area contributed by atoms with Gasteiger partial charge in [-0.25, -0.2) is 0 Å². The number of aryl methyl sites for hydroxylation is 1. The standard InChI is InChI=1S/C12H12BrNO2S/c1-2-8-3-4-9(17-8)7-14-12(15)10-5-6-11(13)16-10/h3-6H,2,7H2,1H3,(H,14,15). The van der Waals surface area contributed by atoms with E-state index >= 15 is 0 Å². The van der Waals surface area contributed by atoms with Crippen LogP contribution in [0.15, 0.2) is 33.4 Å². The number of thiophene rings is 1. The van der Waals surface area contributed by atoms with E-state index in [0.29, 0.717) is 17.0 Å². The molecular weight excluding hydrogens is 302 g/mol. The van der Waals surface area contributed by atoms with Crippen LogP contribution in [0.3, 0.4) is 0 Å². The van der Waals surface area contributed by atoms with Crippen molar-refractivity contribution >= 4 is 33.2 Å². The Hall–Kier alpha value is -1.07. The van der Waals surface area contributed by atoms with Crippen molar-refractivity contribution in [2.75, 3.05) is 0 Å². The molecule has 0 aromatic carbocycles. The fraction of sp³-hybridized carbons (Fsp3) is 0.250. The Kier molecular flexibility index (Phi) is 4.02. The van der Waals surface area contributed by atoms with Crippen LogP contribution in [0, 0.1) is 0 Å². The lowest BCUT2D eigenvalue weighted by molar-refractivity contribution is 0.0922. The molecule has 2 aromatic heterocycles. The highest BCUT2D eigenvalue weighted by Crippen LogP contribution is 2.17. The second-order valence-corrected chi connectivity index (χ2v) is 5.54. The van der Waals surface area contributed by atoms with Crippen molar-refractivity contribution < 1.29 is 9.21 Å². The van der Waals surface area contributed by atoms with Crippen LogP contribution in [0.5, 0.6) is 0 Å². The van der Waals surface area contributed by atoms with Gasteiger partial charge < -0.3 is 9.73 Å². The molecule has 2 heterocycles. The molecule has 0 aliphatic carbocycles. The van der Waals surface area contributed by atoms with Gasteiger partial charge in [-0.1, -0.05) is 6.92 Å². The molecule has 2 aromatic rings. The van der Waals surface area contributed by atoms with Crippen molar-refractivity contribution in [3.8, 4) is 0 Å². The van der Waals surface area contributed by atoms with Crippen LogP contribution < -0.4 is 5.32 Å².